The predicted octanol–water partition coefficient (Wildman–Crippen LogP) is 2.47. The smallest absolute Gasteiger partial charge is 0.253 e. The van der Waals surface area contributed by atoms with Gasteiger partial charge in [-0.15, -0.1) is 0 Å². The molecule has 0 aliphatic carbocycles. The molecule has 0 radical (unpaired) electrons. The maximum Gasteiger partial charge on any atom is 0.253 e. The van der Waals surface area contributed by atoms with Crippen molar-refractivity contribution >= 4 is 23.4 Å². The lowest BCUT2D eigenvalue weighted by molar-refractivity contribution is -0.121. The first-order chi connectivity index (χ1) is 11.5. The molecule has 2 N–H and O–H groups in total. The minimum atomic E-state index is -0.357. The Balaban J connectivity index is 1.65. The van der Waals surface area contributed by atoms with E-state index >= 15 is 0 Å². The Bertz CT molecular complexity index is 747. The number of rotatable bonds is 4. The fourth-order valence-electron chi connectivity index (χ4n) is 2.57. The number of carbonyl (C=O) groups excluding carboxylic acids is 2. The van der Waals surface area contributed by atoms with Gasteiger partial charge in [0.1, 0.15) is 5.75 Å². The van der Waals surface area contributed by atoms with Crippen LogP contribution in [0, 0.1) is 5.92 Å². The van der Waals surface area contributed by atoms with E-state index in [2.05, 4.69) is 4.98 Å². The van der Waals surface area contributed by atoms with Crippen molar-refractivity contribution in [3.05, 3.63) is 53.2 Å². The normalized spacial score (nSPS) is 16.9. The fourth-order valence-corrected chi connectivity index (χ4v) is 2.68. The highest BCUT2D eigenvalue weighted by Crippen LogP contribution is 2.23. The van der Waals surface area contributed by atoms with Gasteiger partial charge in [0.15, 0.2) is 0 Å². The van der Waals surface area contributed by atoms with Crippen LogP contribution in [0.5, 0.6) is 11.6 Å². The van der Waals surface area contributed by atoms with Gasteiger partial charge in [0.2, 0.25) is 11.8 Å². The van der Waals surface area contributed by atoms with Gasteiger partial charge in [-0.25, -0.2) is 4.98 Å². The summed E-state index contributed by atoms with van der Waals surface area (Å²) in [6.07, 6.45) is 2.11. The molecule has 7 heteroatoms. The Morgan fingerprint density at radius 1 is 1.21 bits per heavy atom. The summed E-state index contributed by atoms with van der Waals surface area (Å²) in [5.74, 6) is 0.257. The van der Waals surface area contributed by atoms with Crippen LogP contribution in [0.3, 0.4) is 0 Å². The van der Waals surface area contributed by atoms with Gasteiger partial charge in [-0.3, -0.25) is 9.59 Å². The topological polar surface area (TPSA) is 85.5 Å². The van der Waals surface area contributed by atoms with Gasteiger partial charge in [-0.1, -0.05) is 11.6 Å². The molecule has 6 nitrogen and oxygen atoms in total. The fraction of sp³-hybridized carbons (Fsp3) is 0.235. The molecule has 1 aliphatic heterocycles. The summed E-state index contributed by atoms with van der Waals surface area (Å²) in [6, 6.07) is 10.1. The Kier molecular flexibility index (Phi) is 4.66. The highest BCUT2D eigenvalue weighted by atomic mass is 35.5. The number of hydrogen-bond acceptors (Lipinski definition) is 4. The summed E-state index contributed by atoms with van der Waals surface area (Å²) < 4.78 is 5.59. The van der Waals surface area contributed by atoms with E-state index in [0.717, 1.165) is 0 Å². The molecular formula is C17H16ClN3O3. The van der Waals surface area contributed by atoms with Crippen LogP contribution < -0.4 is 10.5 Å². The average molecular weight is 346 g/mol. The minimum absolute atomic E-state index is 0.116. The van der Waals surface area contributed by atoms with Crippen molar-refractivity contribution in [2.45, 2.75) is 6.42 Å². The number of nitrogens with two attached hydrogens (primary N) is 1. The second-order valence-electron chi connectivity index (χ2n) is 5.58. The van der Waals surface area contributed by atoms with Crippen LogP contribution in [0.25, 0.3) is 0 Å². The molecule has 1 unspecified atom stereocenters. The molecule has 2 heterocycles. The number of ether oxygens (including phenoxy) is 1. The van der Waals surface area contributed by atoms with Crippen LogP contribution >= 0.6 is 11.6 Å². The highest BCUT2D eigenvalue weighted by molar-refractivity contribution is 6.30. The van der Waals surface area contributed by atoms with Crippen molar-refractivity contribution < 1.29 is 14.3 Å². The molecule has 124 valence electrons. The van der Waals surface area contributed by atoms with Crippen LogP contribution in [0.4, 0.5) is 0 Å². The molecular weight excluding hydrogens is 330 g/mol. The van der Waals surface area contributed by atoms with Gasteiger partial charge in [0, 0.05) is 30.9 Å². The molecule has 0 saturated carbocycles. The van der Waals surface area contributed by atoms with E-state index in [1.807, 2.05) is 0 Å². The summed E-state index contributed by atoms with van der Waals surface area (Å²) in [7, 11) is 0. The summed E-state index contributed by atoms with van der Waals surface area (Å²) >= 11 is 5.77. The summed E-state index contributed by atoms with van der Waals surface area (Å²) in [5.41, 5.74) is 5.83. The SMILES string of the molecule is NC(=O)C1CCN(C(=O)c2ccc(Oc3ccc(Cl)cn3)cc2)C1. The molecule has 0 bridgehead atoms. The lowest BCUT2D eigenvalue weighted by Gasteiger charge is -2.16. The Morgan fingerprint density at radius 2 is 1.96 bits per heavy atom. The Hall–Kier alpha value is -2.60. The van der Waals surface area contributed by atoms with Crippen molar-refractivity contribution in [2.24, 2.45) is 11.7 Å². The first-order valence-corrected chi connectivity index (χ1v) is 7.89. The molecule has 1 atom stereocenters. The van der Waals surface area contributed by atoms with Crippen LogP contribution in [-0.4, -0.2) is 34.8 Å². The van der Waals surface area contributed by atoms with Crippen LogP contribution in [0.2, 0.25) is 5.02 Å². The van der Waals surface area contributed by atoms with Crippen LogP contribution in [0.15, 0.2) is 42.6 Å². The quantitative estimate of drug-likeness (QED) is 0.922. The summed E-state index contributed by atoms with van der Waals surface area (Å²) in [4.78, 5) is 29.3. The zero-order valence-corrected chi connectivity index (χ0v) is 13.6. The summed E-state index contributed by atoms with van der Waals surface area (Å²) in [6.45, 7) is 0.917. The van der Waals surface area contributed by atoms with Crippen molar-refractivity contribution in [2.75, 3.05) is 13.1 Å². The van der Waals surface area contributed by atoms with E-state index in [0.29, 0.717) is 41.7 Å². The molecule has 2 amide bonds. The lowest BCUT2D eigenvalue weighted by atomic mass is 10.1. The maximum absolute atomic E-state index is 12.4. The number of hydrogen-bond donors (Lipinski definition) is 1. The van der Waals surface area contributed by atoms with Gasteiger partial charge < -0.3 is 15.4 Å². The maximum atomic E-state index is 12.4. The molecule has 3 rings (SSSR count). The zero-order valence-electron chi connectivity index (χ0n) is 12.8. The Morgan fingerprint density at radius 3 is 2.54 bits per heavy atom. The van der Waals surface area contributed by atoms with Gasteiger partial charge >= 0.3 is 0 Å². The van der Waals surface area contributed by atoms with Crippen molar-refractivity contribution in [3.8, 4) is 11.6 Å². The van der Waals surface area contributed by atoms with Gasteiger partial charge in [0.25, 0.3) is 5.91 Å². The number of nitrogens with zero attached hydrogens (tertiary/aromatic N) is 2. The number of carbonyl (C=O) groups is 2. The average Bonchev–Trinajstić information content (AvgIpc) is 3.07. The number of likely N-dealkylation sites (tertiary alicyclic amines) is 1. The number of amides is 2. The number of pyridine rings is 1. The van der Waals surface area contributed by atoms with Gasteiger partial charge in [0.05, 0.1) is 10.9 Å². The molecule has 1 aromatic heterocycles. The molecule has 1 fully saturated rings. The molecule has 1 aromatic carbocycles. The highest BCUT2D eigenvalue weighted by Gasteiger charge is 2.30. The van der Waals surface area contributed by atoms with Crippen LogP contribution in [0.1, 0.15) is 16.8 Å². The third kappa shape index (κ3) is 3.65. The number of halogens is 1. The van der Waals surface area contributed by atoms with Crippen molar-refractivity contribution in [1.82, 2.24) is 9.88 Å². The van der Waals surface area contributed by atoms with Crippen molar-refractivity contribution in [3.63, 3.8) is 0 Å². The molecule has 24 heavy (non-hydrogen) atoms. The molecule has 1 saturated heterocycles. The third-order valence-electron chi connectivity index (χ3n) is 3.90. The first kappa shape index (κ1) is 16.3. The van der Waals surface area contributed by atoms with Gasteiger partial charge in [-0.2, -0.15) is 0 Å². The number of benzene rings is 1. The second kappa shape index (κ2) is 6.88. The minimum Gasteiger partial charge on any atom is -0.439 e. The van der Waals surface area contributed by atoms with E-state index in [9.17, 15) is 9.59 Å². The first-order valence-electron chi connectivity index (χ1n) is 7.51. The van der Waals surface area contributed by atoms with E-state index in [1.165, 1.54) is 6.20 Å². The largest absolute Gasteiger partial charge is 0.439 e. The van der Waals surface area contributed by atoms with E-state index in [1.54, 1.807) is 41.3 Å². The van der Waals surface area contributed by atoms with Crippen LogP contribution in [-0.2, 0) is 4.79 Å². The van der Waals surface area contributed by atoms with E-state index in [-0.39, 0.29) is 17.7 Å². The predicted molar refractivity (Wildman–Crippen MR) is 89.0 cm³/mol. The lowest BCUT2D eigenvalue weighted by Crippen LogP contribution is -2.31. The van der Waals surface area contributed by atoms with E-state index < -0.39 is 0 Å². The van der Waals surface area contributed by atoms with Crippen molar-refractivity contribution in [1.29, 1.82) is 0 Å². The number of aromatic nitrogens is 1. The third-order valence-corrected chi connectivity index (χ3v) is 4.13. The monoisotopic (exact) mass is 345 g/mol. The second-order valence-corrected chi connectivity index (χ2v) is 6.02. The molecule has 0 spiro atoms. The van der Waals surface area contributed by atoms with E-state index in [4.69, 9.17) is 22.1 Å². The number of primary amides is 1. The zero-order chi connectivity index (χ0) is 17.1. The van der Waals surface area contributed by atoms with Gasteiger partial charge in [-0.05, 0) is 36.8 Å². The molecule has 2 aromatic rings. The standard InChI is InChI=1S/C17H16ClN3O3/c18-13-3-6-15(20-9-13)24-14-4-1-11(2-5-14)17(23)21-8-7-12(10-21)16(19)22/h1-6,9,12H,7-8,10H2,(H2,19,22). The summed E-state index contributed by atoms with van der Waals surface area (Å²) in [5, 5.41) is 0.531. The Labute approximate surface area is 144 Å². The molecule has 1 aliphatic rings.